The molecule has 0 aliphatic rings. The first-order valence-electron chi connectivity index (χ1n) is 7.88. The fourth-order valence-electron chi connectivity index (χ4n) is 2.32. The fraction of sp³-hybridized carbons (Fsp3) is 0.176. The number of H-pyrrole nitrogens is 2. The third-order valence-corrected chi connectivity index (χ3v) is 3.68. The average molecular weight is 356 g/mol. The van der Waals surface area contributed by atoms with Crippen LogP contribution in [0.3, 0.4) is 0 Å². The average Bonchev–Trinajstić information content (AvgIpc) is 3.32. The highest BCUT2D eigenvalue weighted by Gasteiger charge is 2.16. The molecular weight excluding hydrogens is 339 g/mol. The zero-order valence-electron chi connectivity index (χ0n) is 13.8. The monoisotopic (exact) mass is 356 g/mol. The van der Waals surface area contributed by atoms with E-state index in [1.165, 1.54) is 12.5 Å². The number of anilines is 1. The van der Waals surface area contributed by atoms with E-state index < -0.39 is 12.6 Å². The van der Waals surface area contributed by atoms with Crippen molar-refractivity contribution in [2.75, 3.05) is 5.32 Å². The molecule has 26 heavy (non-hydrogen) atoms. The summed E-state index contributed by atoms with van der Waals surface area (Å²) in [6.07, 6.45) is 4.51. The van der Waals surface area contributed by atoms with Crippen LogP contribution in [0, 0.1) is 0 Å². The molecule has 1 aromatic carbocycles. The van der Waals surface area contributed by atoms with Crippen molar-refractivity contribution in [2.24, 2.45) is 0 Å². The van der Waals surface area contributed by atoms with Crippen LogP contribution < -0.4 is 10.6 Å². The third-order valence-electron chi connectivity index (χ3n) is 3.68. The van der Waals surface area contributed by atoms with Crippen LogP contribution in [-0.4, -0.2) is 32.0 Å². The zero-order chi connectivity index (χ0) is 18.4. The van der Waals surface area contributed by atoms with Crippen LogP contribution >= 0.6 is 0 Å². The van der Waals surface area contributed by atoms with E-state index in [2.05, 4.69) is 30.8 Å². The molecule has 0 atom stereocenters. The van der Waals surface area contributed by atoms with E-state index in [0.29, 0.717) is 16.9 Å². The summed E-state index contributed by atoms with van der Waals surface area (Å²) < 4.78 is 12.5. The van der Waals surface area contributed by atoms with Crippen molar-refractivity contribution >= 4 is 17.5 Å². The molecule has 0 bridgehead atoms. The molecule has 4 N–H and O–H groups in total. The van der Waals surface area contributed by atoms with Crippen LogP contribution in [0.15, 0.2) is 43.0 Å². The van der Waals surface area contributed by atoms with E-state index in [9.17, 15) is 14.0 Å². The highest BCUT2D eigenvalue weighted by atomic mass is 19.1. The van der Waals surface area contributed by atoms with Gasteiger partial charge < -0.3 is 15.6 Å². The Bertz CT molecular complexity index is 873. The summed E-state index contributed by atoms with van der Waals surface area (Å²) in [6, 6.07) is 6.82. The number of amides is 2. The summed E-state index contributed by atoms with van der Waals surface area (Å²) in [7, 11) is 0. The van der Waals surface area contributed by atoms with Gasteiger partial charge in [0, 0.05) is 18.4 Å². The van der Waals surface area contributed by atoms with E-state index in [0.717, 1.165) is 5.56 Å². The molecule has 0 spiro atoms. The van der Waals surface area contributed by atoms with Gasteiger partial charge in [-0.1, -0.05) is 24.3 Å². The number of imidazole rings is 1. The number of rotatable bonds is 7. The summed E-state index contributed by atoms with van der Waals surface area (Å²) in [4.78, 5) is 31.0. The molecule has 2 aromatic heterocycles. The SMILES string of the molecule is O=C(Cc1cnc[nH]1)Nc1cn[nH]c1C(=O)NCc1ccc(CF)cc1. The highest BCUT2D eigenvalue weighted by Crippen LogP contribution is 2.13. The lowest BCUT2D eigenvalue weighted by Gasteiger charge is -2.07. The molecule has 9 heteroatoms. The van der Waals surface area contributed by atoms with E-state index in [-0.39, 0.29) is 24.6 Å². The van der Waals surface area contributed by atoms with Crippen molar-refractivity contribution in [2.45, 2.75) is 19.6 Å². The van der Waals surface area contributed by atoms with E-state index >= 15 is 0 Å². The predicted octanol–water partition coefficient (Wildman–Crippen LogP) is 1.71. The minimum absolute atomic E-state index is 0.104. The largest absolute Gasteiger partial charge is 0.348 e. The summed E-state index contributed by atoms with van der Waals surface area (Å²) >= 11 is 0. The maximum atomic E-state index is 12.5. The van der Waals surface area contributed by atoms with Gasteiger partial charge in [0.1, 0.15) is 12.4 Å². The maximum absolute atomic E-state index is 12.5. The van der Waals surface area contributed by atoms with E-state index in [4.69, 9.17) is 0 Å². The molecule has 0 radical (unpaired) electrons. The summed E-state index contributed by atoms with van der Waals surface area (Å²) in [5, 5.41) is 11.8. The number of halogens is 1. The van der Waals surface area contributed by atoms with E-state index in [1.54, 1.807) is 30.5 Å². The standard InChI is InChI=1S/C17H17FN6O2/c18-6-11-1-3-12(4-2-11)7-20-17(26)16-14(9-22-24-16)23-15(25)5-13-8-19-10-21-13/h1-4,8-10H,5-7H2,(H,19,21)(H,20,26)(H,22,24)(H,23,25). The Morgan fingerprint density at radius 3 is 2.58 bits per heavy atom. The first-order valence-corrected chi connectivity index (χ1v) is 7.88. The number of carbonyl (C=O) groups excluding carboxylic acids is 2. The van der Waals surface area contributed by atoms with Crippen molar-refractivity contribution < 1.29 is 14.0 Å². The second-order valence-electron chi connectivity index (χ2n) is 5.59. The van der Waals surface area contributed by atoms with Crippen LogP contribution in [0.1, 0.15) is 27.3 Å². The Labute approximate surface area is 148 Å². The zero-order valence-corrected chi connectivity index (χ0v) is 13.8. The third kappa shape index (κ3) is 4.32. The summed E-state index contributed by atoms with van der Waals surface area (Å²) in [6.45, 7) is -0.256. The molecule has 0 saturated heterocycles. The number of hydrogen-bond donors (Lipinski definition) is 4. The lowest BCUT2D eigenvalue weighted by atomic mass is 10.1. The first-order chi connectivity index (χ1) is 12.7. The predicted molar refractivity (Wildman–Crippen MR) is 91.9 cm³/mol. The molecule has 0 aliphatic heterocycles. The van der Waals surface area contributed by atoms with Crippen LogP contribution in [-0.2, 0) is 24.4 Å². The highest BCUT2D eigenvalue weighted by molar-refractivity contribution is 6.02. The minimum Gasteiger partial charge on any atom is -0.348 e. The molecule has 3 rings (SSSR count). The first kappa shape index (κ1) is 17.3. The quantitative estimate of drug-likeness (QED) is 0.516. The number of aromatic nitrogens is 4. The Balaban J connectivity index is 1.57. The van der Waals surface area contributed by atoms with Crippen LogP contribution in [0.5, 0.6) is 0 Å². The number of carbonyl (C=O) groups is 2. The van der Waals surface area contributed by atoms with Gasteiger partial charge in [-0.15, -0.1) is 0 Å². The van der Waals surface area contributed by atoms with Crippen molar-refractivity contribution in [3.05, 3.63) is 65.5 Å². The number of nitrogens with one attached hydrogen (secondary N) is 4. The number of benzene rings is 1. The second-order valence-corrected chi connectivity index (χ2v) is 5.59. The van der Waals surface area contributed by atoms with Gasteiger partial charge in [0.15, 0.2) is 0 Å². The van der Waals surface area contributed by atoms with Crippen molar-refractivity contribution in [3.8, 4) is 0 Å². The van der Waals surface area contributed by atoms with Crippen molar-refractivity contribution in [3.63, 3.8) is 0 Å². The van der Waals surface area contributed by atoms with Crippen LogP contribution in [0.25, 0.3) is 0 Å². The van der Waals surface area contributed by atoms with E-state index in [1.807, 2.05) is 0 Å². The van der Waals surface area contributed by atoms with Gasteiger partial charge >= 0.3 is 0 Å². The van der Waals surface area contributed by atoms with Gasteiger partial charge in [0.05, 0.1) is 24.6 Å². The van der Waals surface area contributed by atoms with Gasteiger partial charge in [-0.05, 0) is 11.1 Å². The molecule has 0 saturated carbocycles. The molecule has 134 valence electrons. The van der Waals surface area contributed by atoms with Gasteiger partial charge in [-0.2, -0.15) is 5.10 Å². The second kappa shape index (κ2) is 8.06. The lowest BCUT2D eigenvalue weighted by Crippen LogP contribution is -2.25. The van der Waals surface area contributed by atoms with Crippen LogP contribution in [0.2, 0.25) is 0 Å². The molecule has 8 nitrogen and oxygen atoms in total. The van der Waals surface area contributed by atoms with Crippen molar-refractivity contribution in [1.82, 2.24) is 25.5 Å². The number of alkyl halides is 1. The molecule has 0 aliphatic carbocycles. The van der Waals surface area contributed by atoms with Gasteiger partial charge in [-0.25, -0.2) is 9.37 Å². The molecule has 0 fully saturated rings. The summed E-state index contributed by atoms with van der Waals surface area (Å²) in [5.41, 5.74) is 2.52. The number of hydrogen-bond acceptors (Lipinski definition) is 4. The molecule has 2 amide bonds. The Kier molecular flexibility index (Phi) is 5.37. The fourth-order valence-corrected chi connectivity index (χ4v) is 2.32. The van der Waals surface area contributed by atoms with Crippen LogP contribution in [0.4, 0.5) is 10.1 Å². The molecule has 3 aromatic rings. The number of aromatic amines is 2. The Hall–Kier alpha value is -3.49. The molecule has 0 unspecified atom stereocenters. The lowest BCUT2D eigenvalue weighted by molar-refractivity contribution is -0.115. The van der Waals surface area contributed by atoms with Gasteiger partial charge in [0.25, 0.3) is 5.91 Å². The van der Waals surface area contributed by atoms with Gasteiger partial charge in [0.2, 0.25) is 5.91 Å². The normalized spacial score (nSPS) is 10.5. The molecule has 2 heterocycles. The maximum Gasteiger partial charge on any atom is 0.271 e. The smallest absolute Gasteiger partial charge is 0.271 e. The Morgan fingerprint density at radius 2 is 1.88 bits per heavy atom. The Morgan fingerprint density at radius 1 is 1.12 bits per heavy atom. The number of nitrogens with zero attached hydrogens (tertiary/aromatic N) is 2. The topological polar surface area (TPSA) is 116 Å². The molecular formula is C17H17FN6O2. The minimum atomic E-state index is -0.525. The summed E-state index contributed by atoms with van der Waals surface area (Å²) in [5.74, 6) is -0.708. The van der Waals surface area contributed by atoms with Gasteiger partial charge in [-0.3, -0.25) is 14.7 Å². The van der Waals surface area contributed by atoms with Crippen molar-refractivity contribution in [1.29, 1.82) is 0 Å².